The average Bonchev–Trinajstić information content (AvgIpc) is 2.89. The van der Waals surface area contributed by atoms with Gasteiger partial charge in [0.1, 0.15) is 0 Å². The Morgan fingerprint density at radius 3 is 2.44 bits per heavy atom. The Labute approximate surface area is 106 Å². The van der Waals surface area contributed by atoms with Crippen LogP contribution < -0.4 is 0 Å². The van der Waals surface area contributed by atoms with E-state index in [0.29, 0.717) is 5.56 Å². The number of aromatic nitrogens is 1. The zero-order valence-electron chi connectivity index (χ0n) is 10.2. The number of carboxylic acids is 1. The Balaban J connectivity index is 2.17. The molecule has 1 atom stereocenters. The molecule has 1 fully saturated rings. The molecule has 1 aromatic rings. The summed E-state index contributed by atoms with van der Waals surface area (Å²) < 4.78 is 0. The van der Waals surface area contributed by atoms with Crippen molar-refractivity contribution < 1.29 is 14.7 Å². The van der Waals surface area contributed by atoms with E-state index in [1.165, 1.54) is 0 Å². The fraction of sp³-hybridized carbons (Fsp3) is 0.500. The summed E-state index contributed by atoms with van der Waals surface area (Å²) in [7, 11) is 0. The molecule has 0 aromatic carbocycles. The molecule has 0 radical (unpaired) electrons. The number of aliphatic carboxylic acids is 1. The van der Waals surface area contributed by atoms with Crippen molar-refractivity contribution in [2.75, 3.05) is 0 Å². The van der Waals surface area contributed by atoms with Crippen LogP contribution in [0.5, 0.6) is 0 Å². The van der Waals surface area contributed by atoms with E-state index in [4.69, 9.17) is 5.11 Å². The SMILES string of the molecule is O=C(O)CC(C(=O)c1ccncc1)C1CCCC1. The van der Waals surface area contributed by atoms with E-state index in [0.717, 1.165) is 25.7 Å². The van der Waals surface area contributed by atoms with Gasteiger partial charge in [-0.3, -0.25) is 14.6 Å². The lowest BCUT2D eigenvalue weighted by molar-refractivity contribution is -0.138. The lowest BCUT2D eigenvalue weighted by Gasteiger charge is -2.20. The number of carbonyl (C=O) groups is 2. The highest BCUT2D eigenvalue weighted by Gasteiger charge is 2.32. The van der Waals surface area contributed by atoms with E-state index < -0.39 is 5.97 Å². The van der Waals surface area contributed by atoms with Crippen molar-refractivity contribution in [2.24, 2.45) is 11.8 Å². The molecule has 0 saturated heterocycles. The number of pyridine rings is 1. The van der Waals surface area contributed by atoms with Crippen molar-refractivity contribution in [1.29, 1.82) is 0 Å². The van der Waals surface area contributed by atoms with Crippen LogP contribution >= 0.6 is 0 Å². The second kappa shape index (κ2) is 5.76. The molecular weight excluding hydrogens is 230 g/mol. The van der Waals surface area contributed by atoms with Gasteiger partial charge < -0.3 is 5.11 Å². The van der Waals surface area contributed by atoms with Crippen molar-refractivity contribution >= 4 is 11.8 Å². The molecule has 4 heteroatoms. The maximum atomic E-state index is 12.4. The van der Waals surface area contributed by atoms with Gasteiger partial charge in [-0.05, 0) is 30.9 Å². The van der Waals surface area contributed by atoms with Crippen LogP contribution in [0.25, 0.3) is 0 Å². The quantitative estimate of drug-likeness (QED) is 0.812. The first-order valence-electron chi connectivity index (χ1n) is 6.34. The van der Waals surface area contributed by atoms with E-state index in [-0.39, 0.29) is 24.0 Å². The lowest BCUT2D eigenvalue weighted by Crippen LogP contribution is -2.25. The summed E-state index contributed by atoms with van der Waals surface area (Å²) in [5.41, 5.74) is 0.572. The molecule has 1 aromatic heterocycles. The van der Waals surface area contributed by atoms with Crippen LogP contribution in [-0.2, 0) is 4.79 Å². The maximum Gasteiger partial charge on any atom is 0.304 e. The summed E-state index contributed by atoms with van der Waals surface area (Å²) in [4.78, 5) is 27.2. The third-order valence-electron chi connectivity index (χ3n) is 3.67. The number of hydrogen-bond acceptors (Lipinski definition) is 3. The minimum absolute atomic E-state index is 0.0494. The molecule has 96 valence electrons. The smallest absolute Gasteiger partial charge is 0.304 e. The van der Waals surface area contributed by atoms with Crippen molar-refractivity contribution in [3.8, 4) is 0 Å². The van der Waals surface area contributed by atoms with Crippen LogP contribution in [0.1, 0.15) is 42.5 Å². The summed E-state index contributed by atoms with van der Waals surface area (Å²) in [5, 5.41) is 8.98. The van der Waals surface area contributed by atoms with Gasteiger partial charge in [-0.1, -0.05) is 12.8 Å². The van der Waals surface area contributed by atoms with E-state index in [1.807, 2.05) is 0 Å². The first-order chi connectivity index (χ1) is 8.68. The van der Waals surface area contributed by atoms with Crippen LogP contribution in [-0.4, -0.2) is 21.8 Å². The standard InChI is InChI=1S/C14H17NO3/c16-13(17)9-12(10-3-1-2-4-10)14(18)11-5-7-15-8-6-11/h5-8,10,12H,1-4,9H2,(H,16,17). The summed E-state index contributed by atoms with van der Waals surface area (Å²) in [6, 6.07) is 3.32. The molecule has 0 bridgehead atoms. The normalized spacial score (nSPS) is 17.6. The first-order valence-corrected chi connectivity index (χ1v) is 6.34. The number of carbonyl (C=O) groups excluding carboxylic acids is 1. The summed E-state index contributed by atoms with van der Waals surface area (Å²) in [5.74, 6) is -1.10. The van der Waals surface area contributed by atoms with E-state index >= 15 is 0 Å². The van der Waals surface area contributed by atoms with Gasteiger partial charge in [0.05, 0.1) is 6.42 Å². The summed E-state index contributed by atoms with van der Waals surface area (Å²) >= 11 is 0. The van der Waals surface area contributed by atoms with E-state index in [1.54, 1.807) is 24.5 Å². The van der Waals surface area contributed by atoms with Crippen molar-refractivity contribution in [1.82, 2.24) is 4.98 Å². The number of rotatable bonds is 5. The molecule has 1 aliphatic carbocycles. The van der Waals surface area contributed by atoms with Gasteiger partial charge in [-0.15, -0.1) is 0 Å². The van der Waals surface area contributed by atoms with Crippen LogP contribution in [0.3, 0.4) is 0 Å². The minimum Gasteiger partial charge on any atom is -0.481 e. The monoisotopic (exact) mass is 247 g/mol. The fourth-order valence-corrected chi connectivity index (χ4v) is 2.75. The third kappa shape index (κ3) is 2.94. The number of hydrogen-bond donors (Lipinski definition) is 1. The second-order valence-corrected chi connectivity index (χ2v) is 4.85. The predicted octanol–water partition coefficient (Wildman–Crippen LogP) is 2.55. The number of carboxylic acid groups (broad SMARTS) is 1. The lowest BCUT2D eigenvalue weighted by atomic mass is 9.82. The fourth-order valence-electron chi connectivity index (χ4n) is 2.75. The molecule has 0 aliphatic heterocycles. The molecule has 2 rings (SSSR count). The highest BCUT2D eigenvalue weighted by Crippen LogP contribution is 2.35. The van der Waals surface area contributed by atoms with Gasteiger partial charge in [0.25, 0.3) is 0 Å². The van der Waals surface area contributed by atoms with Crippen LogP contribution in [0.4, 0.5) is 0 Å². The molecule has 1 saturated carbocycles. The number of nitrogens with zero attached hydrogens (tertiary/aromatic N) is 1. The Kier molecular flexibility index (Phi) is 4.07. The largest absolute Gasteiger partial charge is 0.481 e. The molecule has 1 heterocycles. The zero-order chi connectivity index (χ0) is 13.0. The Bertz CT molecular complexity index is 424. The van der Waals surface area contributed by atoms with Crippen molar-refractivity contribution in [2.45, 2.75) is 32.1 Å². The van der Waals surface area contributed by atoms with Crippen molar-refractivity contribution in [3.05, 3.63) is 30.1 Å². The first kappa shape index (κ1) is 12.7. The van der Waals surface area contributed by atoms with Crippen LogP contribution in [0, 0.1) is 11.8 Å². The van der Waals surface area contributed by atoms with Gasteiger partial charge in [0, 0.05) is 23.9 Å². The minimum atomic E-state index is -0.894. The molecule has 4 nitrogen and oxygen atoms in total. The molecule has 0 amide bonds. The molecule has 1 aliphatic rings. The number of Topliss-reactive ketones (excluding diaryl/α,β-unsaturated/α-hetero) is 1. The molecular formula is C14H17NO3. The summed E-state index contributed by atoms with van der Waals surface area (Å²) in [6.45, 7) is 0. The maximum absolute atomic E-state index is 12.4. The van der Waals surface area contributed by atoms with Gasteiger partial charge in [0.2, 0.25) is 0 Å². The zero-order valence-corrected chi connectivity index (χ0v) is 10.2. The topological polar surface area (TPSA) is 67.3 Å². The molecule has 1 N–H and O–H groups in total. The van der Waals surface area contributed by atoms with Crippen LogP contribution in [0.15, 0.2) is 24.5 Å². The van der Waals surface area contributed by atoms with Gasteiger partial charge in [-0.25, -0.2) is 0 Å². The average molecular weight is 247 g/mol. The Morgan fingerprint density at radius 1 is 1.28 bits per heavy atom. The molecule has 0 spiro atoms. The van der Waals surface area contributed by atoms with Crippen LogP contribution in [0.2, 0.25) is 0 Å². The molecule has 1 unspecified atom stereocenters. The molecule has 18 heavy (non-hydrogen) atoms. The van der Waals surface area contributed by atoms with E-state index in [9.17, 15) is 9.59 Å². The van der Waals surface area contributed by atoms with Crippen molar-refractivity contribution in [3.63, 3.8) is 0 Å². The summed E-state index contributed by atoms with van der Waals surface area (Å²) in [6.07, 6.45) is 7.21. The third-order valence-corrected chi connectivity index (χ3v) is 3.67. The van der Waals surface area contributed by atoms with Gasteiger partial charge in [0.15, 0.2) is 5.78 Å². The number of ketones is 1. The Hall–Kier alpha value is -1.71. The Morgan fingerprint density at radius 2 is 1.89 bits per heavy atom. The predicted molar refractivity (Wildman–Crippen MR) is 66.3 cm³/mol. The second-order valence-electron chi connectivity index (χ2n) is 4.85. The van der Waals surface area contributed by atoms with E-state index in [2.05, 4.69) is 4.98 Å². The highest BCUT2D eigenvalue weighted by atomic mass is 16.4. The highest BCUT2D eigenvalue weighted by molar-refractivity contribution is 5.99. The van der Waals surface area contributed by atoms with Gasteiger partial charge in [-0.2, -0.15) is 0 Å². The van der Waals surface area contributed by atoms with Gasteiger partial charge >= 0.3 is 5.97 Å².